The molecule has 0 aliphatic rings. The van der Waals surface area contributed by atoms with Gasteiger partial charge < -0.3 is 29.7 Å². The van der Waals surface area contributed by atoms with Crippen molar-refractivity contribution in [2.24, 2.45) is 16.2 Å². The van der Waals surface area contributed by atoms with E-state index in [-0.39, 0.29) is 39.9 Å². The Balaban J connectivity index is -0.000000218. The second-order valence-electron chi connectivity index (χ2n) is 11.0. The van der Waals surface area contributed by atoms with Crippen molar-refractivity contribution in [2.45, 2.75) is 159 Å². The van der Waals surface area contributed by atoms with Gasteiger partial charge in [-0.25, -0.2) is 0 Å². The van der Waals surface area contributed by atoms with Gasteiger partial charge in [0.1, 0.15) is 0 Å². The molecule has 3 unspecified atom stereocenters. The topological polar surface area (TPSA) is 120 Å². The van der Waals surface area contributed by atoms with Crippen LogP contribution in [-0.4, -0.2) is 17.9 Å². The smallest absolute Gasteiger partial charge is 0.550 e. The standard InChI is InChI=1S/3C10H20O2.Gd/c2*1-4-6-7-8-10(3,5-2)9(11)12;1-4-6-8-10(3,7-5-2)9(11)12;/h3*4-8H2,1-3H3,(H,11,12);/q;;;+3/p-3. The minimum absolute atomic E-state index is 0. The predicted octanol–water partition coefficient (Wildman–Crippen LogP) is 5.20. The fourth-order valence-corrected chi connectivity index (χ4v) is 3.82. The minimum atomic E-state index is -0.902. The summed E-state index contributed by atoms with van der Waals surface area (Å²) in [5.41, 5.74) is -1.80. The number of carbonyl (C=O) groups excluding carboxylic acids is 3. The van der Waals surface area contributed by atoms with E-state index < -0.39 is 34.2 Å². The first-order valence-electron chi connectivity index (χ1n) is 14.3. The number of rotatable bonds is 18. The second-order valence-corrected chi connectivity index (χ2v) is 11.0. The Hall–Kier alpha value is -0.265. The molecular formula is C30H57GdO6. The van der Waals surface area contributed by atoms with Crippen molar-refractivity contribution < 1.29 is 69.6 Å². The maximum atomic E-state index is 10.8. The molecule has 0 N–H and O–H groups in total. The molecule has 0 bridgehead atoms. The summed E-state index contributed by atoms with van der Waals surface area (Å²) in [5, 5.41) is 32.3. The Morgan fingerprint density at radius 1 is 0.459 bits per heavy atom. The molecule has 0 spiro atoms. The molecule has 0 aromatic heterocycles. The van der Waals surface area contributed by atoms with Gasteiger partial charge in [-0.1, -0.05) is 120 Å². The summed E-state index contributed by atoms with van der Waals surface area (Å²) in [4.78, 5) is 32.3. The molecule has 0 amide bonds. The van der Waals surface area contributed by atoms with Crippen LogP contribution in [0.3, 0.4) is 0 Å². The number of aliphatic carboxylic acids is 3. The molecule has 0 aliphatic heterocycles. The van der Waals surface area contributed by atoms with E-state index in [0.29, 0.717) is 12.8 Å². The first-order valence-corrected chi connectivity index (χ1v) is 14.3. The molecule has 0 aliphatic carbocycles. The Morgan fingerprint density at radius 2 is 0.757 bits per heavy atom. The number of carboxylic acids is 3. The second kappa shape index (κ2) is 24.8. The average Bonchev–Trinajstić information content (AvgIpc) is 2.83. The molecule has 0 saturated heterocycles. The van der Waals surface area contributed by atoms with Gasteiger partial charge in [-0.3, -0.25) is 0 Å². The number of carboxylic acid groups (broad SMARTS) is 3. The van der Waals surface area contributed by atoms with Gasteiger partial charge in [0, 0.05) is 34.2 Å². The molecule has 37 heavy (non-hydrogen) atoms. The summed E-state index contributed by atoms with van der Waals surface area (Å²) in [7, 11) is 0. The molecule has 6 nitrogen and oxygen atoms in total. The predicted molar refractivity (Wildman–Crippen MR) is 143 cm³/mol. The summed E-state index contributed by atoms with van der Waals surface area (Å²) >= 11 is 0. The van der Waals surface area contributed by atoms with E-state index in [4.69, 9.17) is 0 Å². The molecule has 0 aromatic rings. The van der Waals surface area contributed by atoms with E-state index in [2.05, 4.69) is 20.8 Å². The van der Waals surface area contributed by atoms with Crippen LogP contribution in [0.5, 0.6) is 0 Å². The van der Waals surface area contributed by atoms with Crippen LogP contribution in [0.15, 0.2) is 0 Å². The number of carbonyl (C=O) groups is 3. The molecular weight excluding hydrogens is 614 g/mol. The van der Waals surface area contributed by atoms with Crippen LogP contribution < -0.4 is 15.3 Å². The SMILES string of the molecule is CCCCC(C)(CCC)C(=O)[O-].CCCCCC(C)(CC)C(=O)[O-].CCCCCC(C)(CC)C(=O)[O-].[Gd+3]. The summed E-state index contributed by atoms with van der Waals surface area (Å²) < 4.78 is 0. The van der Waals surface area contributed by atoms with Crippen LogP contribution in [0, 0.1) is 56.2 Å². The summed E-state index contributed by atoms with van der Waals surface area (Å²) in [5.74, 6) is -2.69. The van der Waals surface area contributed by atoms with E-state index in [9.17, 15) is 29.7 Å². The van der Waals surface area contributed by atoms with Crippen LogP contribution in [0.1, 0.15) is 159 Å². The average molecular weight is 671 g/mol. The first-order chi connectivity index (χ1) is 16.7. The minimum Gasteiger partial charge on any atom is -0.550 e. The Bertz CT molecular complexity index is 563. The maximum Gasteiger partial charge on any atom is 3.00 e. The third kappa shape index (κ3) is 20.3. The van der Waals surface area contributed by atoms with Crippen molar-refractivity contribution in [3.05, 3.63) is 0 Å². The van der Waals surface area contributed by atoms with E-state index >= 15 is 0 Å². The fraction of sp³-hybridized carbons (Fsp3) is 0.900. The fourth-order valence-electron chi connectivity index (χ4n) is 3.82. The summed E-state index contributed by atoms with van der Waals surface area (Å²) in [6, 6.07) is 0. The van der Waals surface area contributed by atoms with Gasteiger partial charge in [-0.05, 0) is 38.5 Å². The quantitative estimate of drug-likeness (QED) is 0.185. The van der Waals surface area contributed by atoms with E-state index in [1.165, 1.54) is 0 Å². The van der Waals surface area contributed by atoms with Crippen molar-refractivity contribution in [1.82, 2.24) is 0 Å². The van der Waals surface area contributed by atoms with Gasteiger partial charge in [0.2, 0.25) is 0 Å². The monoisotopic (exact) mass is 671 g/mol. The van der Waals surface area contributed by atoms with Gasteiger partial charge in [0.05, 0.1) is 0 Å². The van der Waals surface area contributed by atoms with Crippen LogP contribution >= 0.6 is 0 Å². The summed E-state index contributed by atoms with van der Waals surface area (Å²) in [6.45, 7) is 17.5. The van der Waals surface area contributed by atoms with E-state index in [1.807, 2.05) is 20.8 Å². The van der Waals surface area contributed by atoms with E-state index in [0.717, 1.165) is 83.5 Å². The number of hydrogen-bond acceptors (Lipinski definition) is 6. The van der Waals surface area contributed by atoms with Crippen LogP contribution in [-0.2, 0) is 14.4 Å². The zero-order chi connectivity index (χ0) is 28.8. The summed E-state index contributed by atoms with van der Waals surface area (Å²) in [6.07, 6.45) is 13.7. The third-order valence-corrected chi connectivity index (χ3v) is 7.59. The Labute approximate surface area is 260 Å². The Morgan fingerprint density at radius 3 is 0.973 bits per heavy atom. The zero-order valence-electron chi connectivity index (χ0n) is 25.4. The van der Waals surface area contributed by atoms with Crippen molar-refractivity contribution in [3.8, 4) is 0 Å². The number of unbranched alkanes of at least 4 members (excludes halogenated alkanes) is 5. The van der Waals surface area contributed by atoms with E-state index in [1.54, 1.807) is 20.8 Å². The van der Waals surface area contributed by atoms with Gasteiger partial charge >= 0.3 is 39.9 Å². The van der Waals surface area contributed by atoms with Gasteiger partial charge in [-0.15, -0.1) is 0 Å². The molecule has 0 fully saturated rings. The third-order valence-electron chi connectivity index (χ3n) is 7.59. The van der Waals surface area contributed by atoms with Crippen molar-refractivity contribution in [2.75, 3.05) is 0 Å². The van der Waals surface area contributed by atoms with Crippen LogP contribution in [0.4, 0.5) is 0 Å². The molecule has 3 atom stereocenters. The Kier molecular flexibility index (Phi) is 29.3. The molecule has 7 heteroatoms. The first kappa shape index (κ1) is 43.8. The molecule has 0 aromatic carbocycles. The van der Waals surface area contributed by atoms with Gasteiger partial charge in [0.25, 0.3) is 0 Å². The van der Waals surface area contributed by atoms with Crippen molar-refractivity contribution in [1.29, 1.82) is 0 Å². The van der Waals surface area contributed by atoms with Crippen LogP contribution in [0.25, 0.3) is 0 Å². The largest absolute Gasteiger partial charge is 3.00 e. The number of hydrogen-bond donors (Lipinski definition) is 0. The normalized spacial score (nSPS) is 15.2. The molecule has 0 heterocycles. The van der Waals surface area contributed by atoms with Gasteiger partial charge in [-0.2, -0.15) is 0 Å². The zero-order valence-corrected chi connectivity index (χ0v) is 27.7. The van der Waals surface area contributed by atoms with Crippen LogP contribution in [0.2, 0.25) is 0 Å². The molecule has 1 radical (unpaired) electrons. The van der Waals surface area contributed by atoms with Crippen molar-refractivity contribution >= 4 is 17.9 Å². The molecule has 221 valence electrons. The molecule has 0 rings (SSSR count). The molecule has 0 saturated carbocycles. The van der Waals surface area contributed by atoms with Crippen molar-refractivity contribution in [3.63, 3.8) is 0 Å². The van der Waals surface area contributed by atoms with Gasteiger partial charge in [0.15, 0.2) is 0 Å². The maximum absolute atomic E-state index is 10.8.